The fraction of sp³-hybridized carbons (Fsp3) is 0.158. The van der Waals surface area contributed by atoms with Gasteiger partial charge in [-0.2, -0.15) is 18.3 Å². The number of methoxy groups -OCH3 is 1. The number of carbonyl (C=O) groups excluding carboxylic acids is 1. The Hall–Kier alpha value is -3.08. The predicted octanol–water partition coefficient (Wildman–Crippen LogP) is 5.66. The molecule has 0 aliphatic heterocycles. The molecule has 0 aliphatic rings. The third-order valence-electron chi connectivity index (χ3n) is 4.07. The fourth-order valence-corrected chi connectivity index (χ4v) is 3.54. The van der Waals surface area contributed by atoms with Crippen LogP contribution in [0.1, 0.15) is 5.69 Å². The highest BCUT2D eigenvalue weighted by Gasteiger charge is 2.38. The molecule has 0 saturated heterocycles. The molecule has 0 aliphatic carbocycles. The number of ether oxygens (including phenoxy) is 1. The smallest absolute Gasteiger partial charge is 0.436 e. The number of hydrogen-bond acceptors (Lipinski definition) is 3. The van der Waals surface area contributed by atoms with E-state index in [1.54, 1.807) is 0 Å². The lowest BCUT2D eigenvalue weighted by Gasteiger charge is -2.13. The number of halogens is 5. The molecular weight excluding hydrogens is 472 g/mol. The van der Waals surface area contributed by atoms with Crippen LogP contribution in [0, 0.1) is 5.82 Å². The average molecular weight is 487 g/mol. The number of anilines is 2. The van der Waals surface area contributed by atoms with Gasteiger partial charge in [-0.15, -0.1) is 0 Å². The van der Waals surface area contributed by atoms with Crippen molar-refractivity contribution in [1.29, 1.82) is 0 Å². The largest absolute Gasteiger partial charge is 0.496 e. The highest BCUT2D eigenvalue weighted by atomic mass is 79.9. The molecule has 1 heterocycles. The summed E-state index contributed by atoms with van der Waals surface area (Å²) in [5, 5.41) is 8.65. The summed E-state index contributed by atoms with van der Waals surface area (Å²) >= 11 is 2.97. The lowest BCUT2D eigenvalue weighted by Crippen LogP contribution is -2.19. The van der Waals surface area contributed by atoms with Crippen molar-refractivity contribution in [3.05, 3.63) is 58.4 Å². The van der Waals surface area contributed by atoms with E-state index in [4.69, 9.17) is 4.74 Å². The van der Waals surface area contributed by atoms with Gasteiger partial charge in [-0.3, -0.25) is 4.68 Å². The topological polar surface area (TPSA) is 68.2 Å². The Labute approximate surface area is 177 Å². The molecule has 0 unspecified atom stereocenters. The molecule has 11 heteroatoms. The molecule has 6 nitrogen and oxygen atoms in total. The zero-order chi connectivity index (χ0) is 22.1. The van der Waals surface area contributed by atoms with Crippen molar-refractivity contribution in [1.82, 2.24) is 9.78 Å². The second kappa shape index (κ2) is 8.34. The minimum atomic E-state index is -4.65. The van der Waals surface area contributed by atoms with Gasteiger partial charge in [-0.1, -0.05) is 0 Å². The van der Waals surface area contributed by atoms with Gasteiger partial charge in [0.25, 0.3) is 0 Å². The number of nitrogens with one attached hydrogen (secondary N) is 2. The van der Waals surface area contributed by atoms with E-state index in [0.717, 1.165) is 4.68 Å². The van der Waals surface area contributed by atoms with E-state index in [9.17, 15) is 22.4 Å². The van der Waals surface area contributed by atoms with Crippen molar-refractivity contribution in [3.8, 4) is 17.0 Å². The Kier molecular flexibility index (Phi) is 6.01. The zero-order valence-electron chi connectivity index (χ0n) is 15.6. The molecular formula is C19H15BrF4N4O2. The van der Waals surface area contributed by atoms with Gasteiger partial charge in [0.15, 0.2) is 5.69 Å². The quantitative estimate of drug-likeness (QED) is 0.467. The molecule has 0 spiro atoms. The highest BCUT2D eigenvalue weighted by molar-refractivity contribution is 9.10. The van der Waals surface area contributed by atoms with Gasteiger partial charge >= 0.3 is 12.2 Å². The van der Waals surface area contributed by atoms with Gasteiger partial charge in [0, 0.05) is 24.0 Å². The van der Waals surface area contributed by atoms with E-state index in [1.807, 2.05) is 0 Å². The highest BCUT2D eigenvalue weighted by Crippen LogP contribution is 2.42. The van der Waals surface area contributed by atoms with Gasteiger partial charge in [-0.25, -0.2) is 9.18 Å². The maximum absolute atomic E-state index is 13.2. The van der Waals surface area contributed by atoms with Crippen LogP contribution in [-0.4, -0.2) is 22.9 Å². The van der Waals surface area contributed by atoms with E-state index in [0.29, 0.717) is 11.4 Å². The lowest BCUT2D eigenvalue weighted by molar-refractivity contribution is -0.142. The third-order valence-corrected chi connectivity index (χ3v) is 4.82. The van der Waals surface area contributed by atoms with Gasteiger partial charge in [0.1, 0.15) is 11.6 Å². The second-order valence-electron chi connectivity index (χ2n) is 6.13. The van der Waals surface area contributed by atoms with Crippen LogP contribution < -0.4 is 15.4 Å². The lowest BCUT2D eigenvalue weighted by atomic mass is 10.1. The van der Waals surface area contributed by atoms with E-state index in [-0.39, 0.29) is 21.5 Å². The minimum Gasteiger partial charge on any atom is -0.496 e. The molecule has 1 aromatic heterocycles. The molecule has 0 atom stereocenters. The summed E-state index contributed by atoms with van der Waals surface area (Å²) in [7, 11) is 2.75. The Morgan fingerprint density at radius 1 is 1.10 bits per heavy atom. The van der Waals surface area contributed by atoms with Crippen molar-refractivity contribution in [2.45, 2.75) is 6.18 Å². The summed E-state index contributed by atoms with van der Waals surface area (Å²) in [4.78, 5) is 12.2. The number of aromatic nitrogens is 2. The predicted molar refractivity (Wildman–Crippen MR) is 107 cm³/mol. The van der Waals surface area contributed by atoms with Crippen LogP contribution in [0.5, 0.6) is 5.75 Å². The summed E-state index contributed by atoms with van der Waals surface area (Å²) in [6.45, 7) is 0. The van der Waals surface area contributed by atoms with Crippen molar-refractivity contribution in [2.75, 3.05) is 17.7 Å². The third kappa shape index (κ3) is 4.56. The van der Waals surface area contributed by atoms with Crippen LogP contribution in [-0.2, 0) is 13.2 Å². The minimum absolute atomic E-state index is 0.127. The number of aryl methyl sites for hydroxylation is 1. The fourth-order valence-electron chi connectivity index (χ4n) is 2.77. The Morgan fingerprint density at radius 3 is 2.27 bits per heavy atom. The first-order valence-electron chi connectivity index (χ1n) is 8.42. The van der Waals surface area contributed by atoms with Gasteiger partial charge in [0.2, 0.25) is 0 Å². The molecule has 0 radical (unpaired) electrons. The number of benzene rings is 2. The van der Waals surface area contributed by atoms with Crippen molar-refractivity contribution < 1.29 is 27.1 Å². The molecule has 0 fully saturated rings. The second-order valence-corrected chi connectivity index (χ2v) is 6.93. The van der Waals surface area contributed by atoms with Crippen LogP contribution in [0.2, 0.25) is 0 Å². The Bertz CT molecular complexity index is 1080. The first-order chi connectivity index (χ1) is 14.1. The van der Waals surface area contributed by atoms with Crippen LogP contribution in [0.3, 0.4) is 0 Å². The van der Waals surface area contributed by atoms with Crippen LogP contribution in [0.4, 0.5) is 33.7 Å². The number of hydrogen-bond donors (Lipinski definition) is 2. The molecule has 3 aromatic rings. The van der Waals surface area contributed by atoms with E-state index in [2.05, 4.69) is 31.7 Å². The van der Waals surface area contributed by atoms with Gasteiger partial charge in [-0.05, 0) is 58.4 Å². The number of carbonyl (C=O) groups is 1. The Morgan fingerprint density at radius 2 is 1.70 bits per heavy atom. The van der Waals surface area contributed by atoms with E-state index in [1.165, 1.54) is 56.6 Å². The number of amides is 2. The van der Waals surface area contributed by atoms with E-state index < -0.39 is 23.7 Å². The normalized spacial score (nSPS) is 11.3. The summed E-state index contributed by atoms with van der Waals surface area (Å²) in [5.74, 6) is -0.155. The number of urea groups is 1. The Balaban J connectivity index is 1.92. The molecule has 3 rings (SSSR count). The van der Waals surface area contributed by atoms with Crippen molar-refractivity contribution in [3.63, 3.8) is 0 Å². The SMILES string of the molecule is COc1ccc(NC(=O)Nc2ccc(F)cc2)cc1-c1c(Br)c(C(F)(F)F)nn1C. The molecule has 0 saturated carbocycles. The molecule has 158 valence electrons. The van der Waals surface area contributed by atoms with Gasteiger partial charge < -0.3 is 15.4 Å². The maximum atomic E-state index is 13.2. The van der Waals surface area contributed by atoms with Crippen molar-refractivity contribution in [2.24, 2.45) is 7.05 Å². The molecule has 2 amide bonds. The average Bonchev–Trinajstić information content (AvgIpc) is 2.98. The summed E-state index contributed by atoms with van der Waals surface area (Å²) < 4.78 is 58.7. The zero-order valence-corrected chi connectivity index (χ0v) is 17.2. The molecule has 2 aromatic carbocycles. The van der Waals surface area contributed by atoms with Crippen LogP contribution in [0.25, 0.3) is 11.3 Å². The van der Waals surface area contributed by atoms with Crippen LogP contribution >= 0.6 is 15.9 Å². The summed E-state index contributed by atoms with van der Waals surface area (Å²) in [6.07, 6.45) is -4.65. The summed E-state index contributed by atoms with van der Waals surface area (Å²) in [6, 6.07) is 9.05. The molecule has 2 N–H and O–H groups in total. The van der Waals surface area contributed by atoms with Gasteiger partial charge in [0.05, 0.1) is 17.3 Å². The monoisotopic (exact) mass is 486 g/mol. The van der Waals surface area contributed by atoms with E-state index >= 15 is 0 Å². The maximum Gasteiger partial charge on any atom is 0.436 e. The number of nitrogens with zero attached hydrogens (tertiary/aromatic N) is 2. The first-order valence-corrected chi connectivity index (χ1v) is 9.21. The standard InChI is InChI=1S/C19H15BrF4N4O2/c1-28-16(15(20)17(27-28)19(22,23)24)13-9-12(7-8-14(13)30-2)26-18(29)25-11-5-3-10(21)4-6-11/h3-9H,1-2H3,(H2,25,26,29). The molecule has 30 heavy (non-hydrogen) atoms. The van der Waals surface area contributed by atoms with Crippen molar-refractivity contribution >= 4 is 33.3 Å². The van der Waals surface area contributed by atoms with Crippen LogP contribution in [0.15, 0.2) is 46.9 Å². The number of rotatable bonds is 4. The summed E-state index contributed by atoms with van der Waals surface area (Å²) in [5.41, 5.74) is 0.00426. The first kappa shape index (κ1) is 21.6. The number of alkyl halides is 3. The molecule has 0 bridgehead atoms.